The van der Waals surface area contributed by atoms with E-state index in [0.29, 0.717) is 17.1 Å². The fraction of sp³-hybridized carbons (Fsp3) is 0.0476. The van der Waals surface area contributed by atoms with E-state index in [1.165, 1.54) is 12.3 Å². The van der Waals surface area contributed by atoms with E-state index in [-0.39, 0.29) is 17.2 Å². The highest BCUT2D eigenvalue weighted by molar-refractivity contribution is 5.74. The average molecular weight is 389 g/mol. The van der Waals surface area contributed by atoms with Crippen LogP contribution in [0.5, 0.6) is 0 Å². The zero-order valence-corrected chi connectivity index (χ0v) is 14.9. The van der Waals surface area contributed by atoms with Crippen LogP contribution in [0.25, 0.3) is 39.8 Å². The van der Waals surface area contributed by atoms with Gasteiger partial charge in [-0.25, -0.2) is 18.3 Å². The number of fused-ring (bicyclic) bond motifs is 1. The minimum absolute atomic E-state index is 0.164. The summed E-state index contributed by atoms with van der Waals surface area (Å²) in [6.45, 7) is 0. The summed E-state index contributed by atoms with van der Waals surface area (Å²) in [5.41, 5.74) is 2.25. The minimum Gasteiger partial charge on any atom is -0.416 e. The van der Waals surface area contributed by atoms with Crippen molar-refractivity contribution < 1.29 is 13.2 Å². The van der Waals surface area contributed by atoms with E-state index in [0.717, 1.165) is 15.6 Å². The van der Waals surface area contributed by atoms with E-state index in [2.05, 4.69) is 20.3 Å². The van der Waals surface area contributed by atoms with Crippen LogP contribution in [0.4, 0.5) is 8.78 Å². The molecule has 8 heteroatoms. The lowest BCUT2D eigenvalue weighted by atomic mass is 10.1. The highest BCUT2D eigenvalue weighted by Crippen LogP contribution is 2.31. The first kappa shape index (κ1) is 17.2. The van der Waals surface area contributed by atoms with E-state index in [9.17, 15) is 8.78 Å². The van der Waals surface area contributed by atoms with Gasteiger partial charge in [0, 0.05) is 11.1 Å². The smallest absolute Gasteiger partial charge is 0.280 e. The van der Waals surface area contributed by atoms with Crippen LogP contribution in [0.2, 0.25) is 0 Å². The second-order valence-corrected chi connectivity index (χ2v) is 6.31. The van der Waals surface area contributed by atoms with Gasteiger partial charge < -0.3 is 4.42 Å². The largest absolute Gasteiger partial charge is 0.416 e. The van der Waals surface area contributed by atoms with Gasteiger partial charge in [-0.05, 0) is 18.2 Å². The Morgan fingerprint density at radius 2 is 1.48 bits per heavy atom. The van der Waals surface area contributed by atoms with Crippen molar-refractivity contribution in [1.29, 1.82) is 0 Å². The molecule has 0 N–H and O–H groups in total. The van der Waals surface area contributed by atoms with Crippen LogP contribution in [-0.4, -0.2) is 24.8 Å². The quantitative estimate of drug-likeness (QED) is 0.430. The third kappa shape index (κ3) is 3.04. The van der Waals surface area contributed by atoms with Crippen molar-refractivity contribution >= 4 is 5.65 Å². The average Bonchev–Trinajstić information content (AvgIpc) is 3.41. The van der Waals surface area contributed by atoms with Crippen LogP contribution in [0.3, 0.4) is 0 Å². The van der Waals surface area contributed by atoms with E-state index < -0.39 is 6.43 Å². The number of hydrogen-bond acceptors (Lipinski definition) is 5. The van der Waals surface area contributed by atoms with Gasteiger partial charge in [-0.1, -0.05) is 48.5 Å². The van der Waals surface area contributed by atoms with Crippen LogP contribution in [0.1, 0.15) is 12.1 Å². The maximum absolute atomic E-state index is 13.7. The van der Waals surface area contributed by atoms with Crippen molar-refractivity contribution in [3.8, 4) is 34.2 Å². The molecule has 0 spiro atoms. The number of benzene rings is 2. The Morgan fingerprint density at radius 1 is 0.828 bits per heavy atom. The molecule has 6 nitrogen and oxygen atoms in total. The highest BCUT2D eigenvalue weighted by Gasteiger charge is 2.22. The Bertz CT molecular complexity index is 1280. The number of rotatable bonds is 4. The third-order valence-corrected chi connectivity index (χ3v) is 4.47. The Balaban J connectivity index is 1.68. The standard InChI is InChI=1S/C21H13F2N5O/c22-18(23)17-11-16(13-7-3-1-4-8-13)25-19-15(12-24-28(17)19)21-27-26-20(29-21)14-9-5-2-6-10-14/h1-12,18H. The molecule has 0 unspecified atom stereocenters. The van der Waals surface area contributed by atoms with E-state index in [1.54, 1.807) is 0 Å². The molecule has 0 atom stereocenters. The molecule has 0 aliphatic heterocycles. The molecule has 0 saturated heterocycles. The molecule has 0 bridgehead atoms. The molecule has 0 aliphatic carbocycles. The van der Waals surface area contributed by atoms with Crippen molar-refractivity contribution in [2.45, 2.75) is 6.43 Å². The molecule has 0 amide bonds. The molecule has 5 aromatic rings. The second kappa shape index (κ2) is 6.90. The Hall–Kier alpha value is -3.94. The summed E-state index contributed by atoms with van der Waals surface area (Å²) in [4.78, 5) is 4.55. The van der Waals surface area contributed by atoms with Gasteiger partial charge >= 0.3 is 0 Å². The lowest BCUT2D eigenvalue weighted by Crippen LogP contribution is -2.02. The zero-order chi connectivity index (χ0) is 19.8. The van der Waals surface area contributed by atoms with Crippen molar-refractivity contribution in [3.05, 3.63) is 78.6 Å². The molecule has 3 aromatic heterocycles. The molecule has 0 aliphatic rings. The van der Waals surface area contributed by atoms with Crippen molar-refractivity contribution in [2.75, 3.05) is 0 Å². The van der Waals surface area contributed by atoms with Gasteiger partial charge in [0.05, 0.1) is 11.9 Å². The van der Waals surface area contributed by atoms with Crippen molar-refractivity contribution in [2.24, 2.45) is 0 Å². The summed E-state index contributed by atoms with van der Waals surface area (Å²) >= 11 is 0. The number of aromatic nitrogens is 5. The fourth-order valence-electron chi connectivity index (χ4n) is 3.08. The molecular formula is C21H13F2N5O. The van der Waals surface area contributed by atoms with Crippen LogP contribution < -0.4 is 0 Å². The molecule has 142 valence electrons. The number of halogens is 2. The first-order chi connectivity index (χ1) is 14.2. The predicted octanol–water partition coefficient (Wildman–Crippen LogP) is 5.05. The number of hydrogen-bond donors (Lipinski definition) is 0. The van der Waals surface area contributed by atoms with E-state index in [1.807, 2.05) is 60.7 Å². The monoisotopic (exact) mass is 389 g/mol. The molecular weight excluding hydrogens is 376 g/mol. The fourth-order valence-corrected chi connectivity index (χ4v) is 3.08. The van der Waals surface area contributed by atoms with E-state index in [4.69, 9.17) is 4.42 Å². The first-order valence-electron chi connectivity index (χ1n) is 8.82. The normalized spacial score (nSPS) is 11.4. The van der Waals surface area contributed by atoms with Gasteiger partial charge in [-0.15, -0.1) is 10.2 Å². The lowest BCUT2D eigenvalue weighted by molar-refractivity contribution is 0.143. The Morgan fingerprint density at radius 3 is 2.17 bits per heavy atom. The maximum atomic E-state index is 13.7. The van der Waals surface area contributed by atoms with E-state index >= 15 is 0 Å². The van der Waals surface area contributed by atoms with Crippen LogP contribution >= 0.6 is 0 Å². The number of nitrogens with zero attached hydrogens (tertiary/aromatic N) is 5. The van der Waals surface area contributed by atoms with Crippen molar-refractivity contribution in [1.82, 2.24) is 24.8 Å². The molecule has 2 aromatic carbocycles. The summed E-state index contributed by atoms with van der Waals surface area (Å²) in [5.74, 6) is 0.491. The summed E-state index contributed by atoms with van der Waals surface area (Å²) in [6.07, 6.45) is -1.32. The molecule has 5 rings (SSSR count). The molecule has 29 heavy (non-hydrogen) atoms. The topological polar surface area (TPSA) is 69.1 Å². The third-order valence-electron chi connectivity index (χ3n) is 4.47. The zero-order valence-electron chi connectivity index (χ0n) is 14.9. The van der Waals surface area contributed by atoms with Crippen LogP contribution in [0.15, 0.2) is 77.3 Å². The molecule has 3 heterocycles. The Labute approximate surface area is 163 Å². The number of alkyl halides is 2. The van der Waals surface area contributed by atoms with Gasteiger partial charge in [0.1, 0.15) is 11.3 Å². The van der Waals surface area contributed by atoms with Crippen molar-refractivity contribution in [3.63, 3.8) is 0 Å². The summed E-state index contributed by atoms with van der Waals surface area (Å²) < 4.78 is 34.3. The predicted molar refractivity (Wildman–Crippen MR) is 102 cm³/mol. The highest BCUT2D eigenvalue weighted by atomic mass is 19.3. The minimum atomic E-state index is -2.72. The molecule has 0 saturated carbocycles. The first-order valence-corrected chi connectivity index (χ1v) is 8.82. The second-order valence-electron chi connectivity index (χ2n) is 6.31. The van der Waals surface area contributed by atoms with Gasteiger partial charge in [-0.3, -0.25) is 0 Å². The summed E-state index contributed by atoms with van der Waals surface area (Å²) in [6, 6.07) is 19.7. The molecule has 0 radical (unpaired) electrons. The summed E-state index contributed by atoms with van der Waals surface area (Å²) in [5, 5.41) is 12.2. The maximum Gasteiger partial charge on any atom is 0.280 e. The Kier molecular flexibility index (Phi) is 4.09. The molecule has 0 fully saturated rings. The lowest BCUT2D eigenvalue weighted by Gasteiger charge is -2.08. The van der Waals surface area contributed by atoms with Gasteiger partial charge in [0.15, 0.2) is 5.65 Å². The SMILES string of the molecule is FC(F)c1cc(-c2ccccc2)nc2c(-c3nnc(-c4ccccc4)o3)cnn12. The van der Waals surface area contributed by atoms with Crippen LogP contribution in [-0.2, 0) is 0 Å². The van der Waals surface area contributed by atoms with Gasteiger partial charge in [0.25, 0.3) is 12.3 Å². The van der Waals surface area contributed by atoms with Crippen LogP contribution in [0, 0.1) is 0 Å². The summed E-state index contributed by atoms with van der Waals surface area (Å²) in [7, 11) is 0. The van der Waals surface area contributed by atoms with Gasteiger partial charge in [-0.2, -0.15) is 5.10 Å². The van der Waals surface area contributed by atoms with Gasteiger partial charge in [0.2, 0.25) is 5.89 Å².